The van der Waals surface area contributed by atoms with Crippen LogP contribution in [0.2, 0.25) is 0 Å². The Labute approximate surface area is 350 Å². The zero-order chi connectivity index (χ0) is 40.2. The molecule has 2 bridgehead atoms. The highest BCUT2D eigenvalue weighted by Crippen LogP contribution is 2.86. The van der Waals surface area contributed by atoms with Crippen LogP contribution in [0.3, 0.4) is 0 Å². The number of allylic oxidation sites excluding steroid dienone is 4. The van der Waals surface area contributed by atoms with Crippen molar-refractivity contribution in [2.24, 2.45) is 29.1 Å². The number of para-hydroxylation sites is 1. The predicted octanol–water partition coefficient (Wildman–Crippen LogP) is 15.1. The third-order valence-corrected chi connectivity index (χ3v) is 17.9. The van der Waals surface area contributed by atoms with E-state index in [1.54, 1.807) is 0 Å². The molecule has 296 valence electrons. The lowest BCUT2D eigenvalue weighted by Gasteiger charge is -2.73. The maximum atomic E-state index is 7.04. The van der Waals surface area contributed by atoms with Crippen molar-refractivity contribution in [1.82, 2.24) is 0 Å². The Kier molecular flexibility index (Phi) is 6.47. The minimum Gasteiger partial charge on any atom is -0.456 e. The molecule has 0 aliphatic heterocycles. The minimum atomic E-state index is -0.119. The molecule has 6 aromatic rings. The first kappa shape index (κ1) is 35.0. The van der Waals surface area contributed by atoms with Crippen molar-refractivity contribution in [3.8, 4) is 11.1 Å². The van der Waals surface area contributed by atoms with Gasteiger partial charge in [-0.25, -0.2) is 0 Å². The lowest BCUT2D eigenvalue weighted by atomic mass is 9.31. The first-order valence-corrected chi connectivity index (χ1v) is 22.8. The standard InChI is InChI=1S/C57H57NO/c1-32-23-38(28-48-50(32)40-13-9-10-15-43(40)54(48,5)6)58(37-19-21-41-47(27-37)55(7,8)45-17-12-16-44(51(41)45)53(2,3)4)36-20-22-49-42(26-36)39-14-11-18-46(52(39)59-49)56-29-33-24-34-25-35(31-56)57(34,56)30-33/h9-22,26-28,32-35H,23-25,29-31H2,1-8H3. The Bertz CT molecular complexity index is 2940. The second-order valence-corrected chi connectivity index (χ2v) is 22.3. The second kappa shape index (κ2) is 10.9. The number of benzene rings is 5. The number of hydrogen-bond acceptors (Lipinski definition) is 2. The van der Waals surface area contributed by atoms with Gasteiger partial charge >= 0.3 is 0 Å². The van der Waals surface area contributed by atoms with Gasteiger partial charge in [-0.05, 0) is 160 Å². The molecular weight excluding hydrogens is 715 g/mol. The van der Waals surface area contributed by atoms with Crippen molar-refractivity contribution in [3.63, 3.8) is 0 Å². The molecule has 7 aliphatic rings. The summed E-state index contributed by atoms with van der Waals surface area (Å²) in [7, 11) is 0. The molecule has 1 heterocycles. The van der Waals surface area contributed by atoms with E-state index in [1.807, 2.05) is 0 Å². The molecule has 0 N–H and O–H groups in total. The fourth-order valence-corrected chi connectivity index (χ4v) is 15.5. The topological polar surface area (TPSA) is 16.4 Å². The van der Waals surface area contributed by atoms with E-state index in [-0.39, 0.29) is 16.2 Å². The zero-order valence-corrected chi connectivity index (χ0v) is 36.2. The molecule has 2 nitrogen and oxygen atoms in total. The molecule has 0 radical (unpaired) electrons. The third kappa shape index (κ3) is 4.11. The normalized spacial score (nSPS) is 29.7. The summed E-state index contributed by atoms with van der Waals surface area (Å²) in [5, 5.41) is 2.53. The van der Waals surface area contributed by atoms with E-state index in [2.05, 4.69) is 163 Å². The van der Waals surface area contributed by atoms with E-state index in [0.29, 0.717) is 16.7 Å². The molecule has 2 heteroatoms. The summed E-state index contributed by atoms with van der Waals surface area (Å²) >= 11 is 0. The summed E-state index contributed by atoms with van der Waals surface area (Å²) in [5.74, 6) is 3.20. The first-order valence-electron chi connectivity index (χ1n) is 22.8. The van der Waals surface area contributed by atoms with Gasteiger partial charge in [0, 0.05) is 49.7 Å². The summed E-state index contributed by atoms with van der Waals surface area (Å²) in [5.41, 5.74) is 21.3. The van der Waals surface area contributed by atoms with E-state index >= 15 is 0 Å². The van der Waals surface area contributed by atoms with Crippen molar-refractivity contribution < 1.29 is 4.42 Å². The number of nitrogens with zero attached hydrogens (tertiary/aromatic N) is 1. The average Bonchev–Trinajstić information content (AvgIpc) is 3.95. The molecule has 0 amide bonds. The van der Waals surface area contributed by atoms with Crippen molar-refractivity contribution in [3.05, 3.63) is 148 Å². The summed E-state index contributed by atoms with van der Waals surface area (Å²) in [6.07, 6.45) is 10.7. The van der Waals surface area contributed by atoms with Gasteiger partial charge in [-0.1, -0.05) is 122 Å². The molecule has 7 aliphatic carbocycles. The van der Waals surface area contributed by atoms with Gasteiger partial charge in [-0.3, -0.25) is 0 Å². The number of fused-ring (bicyclic) bond motifs is 9. The number of furan rings is 1. The fraction of sp³-hybridized carbons (Fsp3) is 0.404. The summed E-state index contributed by atoms with van der Waals surface area (Å²) in [4.78, 5) is 2.62. The number of hydrogen-bond donors (Lipinski definition) is 0. The van der Waals surface area contributed by atoms with Crippen LogP contribution >= 0.6 is 0 Å². The van der Waals surface area contributed by atoms with Crippen LogP contribution in [0.25, 0.3) is 38.6 Å². The lowest BCUT2D eigenvalue weighted by molar-refractivity contribution is -0.198. The molecule has 5 aromatic carbocycles. The maximum absolute atomic E-state index is 7.04. The molecule has 6 atom stereocenters. The average molecular weight is 772 g/mol. The monoisotopic (exact) mass is 771 g/mol. The molecule has 0 saturated heterocycles. The summed E-state index contributed by atoms with van der Waals surface area (Å²) in [6.45, 7) is 19.2. The number of anilines is 2. The van der Waals surface area contributed by atoms with Crippen molar-refractivity contribution >= 4 is 38.9 Å². The summed E-state index contributed by atoms with van der Waals surface area (Å²) in [6, 6.07) is 37.8. The van der Waals surface area contributed by atoms with Gasteiger partial charge in [0.25, 0.3) is 0 Å². The van der Waals surface area contributed by atoms with Gasteiger partial charge in [0.05, 0.1) is 0 Å². The van der Waals surface area contributed by atoms with Crippen LogP contribution in [0.4, 0.5) is 11.4 Å². The molecule has 1 spiro atoms. The van der Waals surface area contributed by atoms with Gasteiger partial charge in [0.15, 0.2) is 0 Å². The first-order chi connectivity index (χ1) is 28.2. The molecule has 1 aromatic heterocycles. The van der Waals surface area contributed by atoms with Gasteiger partial charge in [-0.15, -0.1) is 0 Å². The highest BCUT2D eigenvalue weighted by molar-refractivity contribution is 6.08. The van der Waals surface area contributed by atoms with Gasteiger partial charge in [0.1, 0.15) is 11.2 Å². The van der Waals surface area contributed by atoms with E-state index < -0.39 is 0 Å². The fourth-order valence-electron chi connectivity index (χ4n) is 15.5. The van der Waals surface area contributed by atoms with Gasteiger partial charge in [0.2, 0.25) is 0 Å². The highest BCUT2D eigenvalue weighted by atomic mass is 16.3. The Balaban J connectivity index is 1.00. The van der Waals surface area contributed by atoms with Crippen LogP contribution in [-0.2, 0) is 21.7 Å². The van der Waals surface area contributed by atoms with E-state index in [9.17, 15) is 0 Å². The van der Waals surface area contributed by atoms with Crippen molar-refractivity contribution in [1.29, 1.82) is 0 Å². The Morgan fingerprint density at radius 1 is 0.661 bits per heavy atom. The largest absolute Gasteiger partial charge is 0.456 e. The SMILES string of the molecule is CC1CC(N(c2ccc3c(c2)C(C)(C)c2cccc(C(C)(C)C)c2-3)c2ccc3oc4c(C56CC7CC8CC(C5)C86C7)cccc4c3c2)=CC2=C1c1ccccc1C2(C)C. The van der Waals surface area contributed by atoms with Crippen LogP contribution in [0.5, 0.6) is 0 Å². The maximum Gasteiger partial charge on any atom is 0.139 e. The van der Waals surface area contributed by atoms with Crippen LogP contribution in [0.1, 0.15) is 127 Å². The highest BCUT2D eigenvalue weighted by Gasteiger charge is 2.81. The van der Waals surface area contributed by atoms with E-state index in [1.165, 1.54) is 116 Å². The molecular formula is C57H57NO. The number of rotatable bonds is 4. The Hall–Kier alpha value is -4.82. The van der Waals surface area contributed by atoms with Crippen LogP contribution in [0, 0.1) is 29.1 Å². The molecule has 4 saturated carbocycles. The Morgan fingerprint density at radius 3 is 2.24 bits per heavy atom. The third-order valence-electron chi connectivity index (χ3n) is 17.9. The molecule has 13 rings (SSSR count). The van der Waals surface area contributed by atoms with Gasteiger partial charge < -0.3 is 9.32 Å². The minimum absolute atomic E-state index is 0.0487. The van der Waals surface area contributed by atoms with Crippen LogP contribution in [-0.4, -0.2) is 0 Å². The van der Waals surface area contributed by atoms with E-state index in [0.717, 1.165) is 35.3 Å². The molecule has 59 heavy (non-hydrogen) atoms. The lowest BCUT2D eigenvalue weighted by Crippen LogP contribution is -2.68. The van der Waals surface area contributed by atoms with E-state index in [4.69, 9.17) is 4.42 Å². The van der Waals surface area contributed by atoms with Crippen molar-refractivity contribution in [2.45, 2.75) is 116 Å². The van der Waals surface area contributed by atoms with Gasteiger partial charge in [-0.2, -0.15) is 0 Å². The molecule has 6 unspecified atom stereocenters. The smallest absolute Gasteiger partial charge is 0.139 e. The van der Waals surface area contributed by atoms with Crippen LogP contribution in [0.15, 0.2) is 119 Å². The van der Waals surface area contributed by atoms with Crippen molar-refractivity contribution in [2.75, 3.05) is 4.90 Å². The zero-order valence-electron chi connectivity index (χ0n) is 36.2. The van der Waals surface area contributed by atoms with Crippen LogP contribution < -0.4 is 4.90 Å². The quantitative estimate of drug-likeness (QED) is 0.177. The molecule has 4 fully saturated rings. The predicted molar refractivity (Wildman–Crippen MR) is 244 cm³/mol. The second-order valence-electron chi connectivity index (χ2n) is 22.3. The summed E-state index contributed by atoms with van der Waals surface area (Å²) < 4.78 is 7.04. The Morgan fingerprint density at radius 2 is 1.42 bits per heavy atom.